The zero-order valence-corrected chi connectivity index (χ0v) is 10.7. The van der Waals surface area contributed by atoms with Crippen LogP contribution in [0.25, 0.3) is 0 Å². The molecule has 3 N–H and O–H groups in total. The van der Waals surface area contributed by atoms with Crippen LogP contribution in [0.2, 0.25) is 0 Å². The van der Waals surface area contributed by atoms with Crippen LogP contribution in [0.3, 0.4) is 0 Å². The van der Waals surface area contributed by atoms with E-state index in [2.05, 4.69) is 15.9 Å². The lowest BCUT2D eigenvalue weighted by Crippen LogP contribution is -2.27. The maximum Gasteiger partial charge on any atom is 0.0639 e. The molecule has 15 heavy (non-hydrogen) atoms. The number of aliphatic hydroxyl groups excluding tert-OH is 1. The molecule has 0 aliphatic carbocycles. The van der Waals surface area contributed by atoms with Gasteiger partial charge in [-0.05, 0) is 26.1 Å². The Morgan fingerprint density at radius 2 is 2.20 bits per heavy atom. The van der Waals surface area contributed by atoms with E-state index >= 15 is 0 Å². The van der Waals surface area contributed by atoms with Crippen LogP contribution in [0.4, 0.5) is 5.69 Å². The molecule has 84 valence electrons. The number of aliphatic hydroxyl groups is 1. The van der Waals surface area contributed by atoms with E-state index in [1.165, 1.54) is 0 Å². The number of nitrogens with zero attached hydrogens (tertiary/aromatic N) is 1. The van der Waals surface area contributed by atoms with Crippen LogP contribution in [0, 0.1) is 0 Å². The first-order valence-corrected chi connectivity index (χ1v) is 5.69. The van der Waals surface area contributed by atoms with E-state index in [1.54, 1.807) is 6.92 Å². The fourth-order valence-corrected chi connectivity index (χ4v) is 2.03. The quantitative estimate of drug-likeness (QED) is 0.823. The Hall–Kier alpha value is -0.580. The van der Waals surface area contributed by atoms with Gasteiger partial charge in [0.2, 0.25) is 0 Å². The molecule has 0 aliphatic rings. The van der Waals surface area contributed by atoms with Crippen LogP contribution in [0.5, 0.6) is 0 Å². The third-order valence-corrected chi connectivity index (χ3v) is 2.90. The van der Waals surface area contributed by atoms with Gasteiger partial charge in [0.05, 0.1) is 6.10 Å². The minimum Gasteiger partial charge on any atom is -0.398 e. The second-order valence-corrected chi connectivity index (χ2v) is 4.71. The molecule has 0 saturated heterocycles. The molecule has 0 heterocycles. The molecule has 1 atom stereocenters. The molecule has 0 saturated carbocycles. The Balaban J connectivity index is 2.71. The van der Waals surface area contributed by atoms with E-state index < -0.39 is 0 Å². The first-order chi connectivity index (χ1) is 7.00. The van der Waals surface area contributed by atoms with Gasteiger partial charge in [-0.1, -0.05) is 22.0 Å². The molecular weight excluding hydrogens is 256 g/mol. The Bertz CT molecular complexity index is 308. The summed E-state index contributed by atoms with van der Waals surface area (Å²) in [5, 5.41) is 9.25. The lowest BCUT2D eigenvalue weighted by atomic mass is 10.1. The van der Waals surface area contributed by atoms with Crippen molar-refractivity contribution < 1.29 is 5.11 Å². The maximum absolute atomic E-state index is 9.25. The molecule has 4 heteroatoms. The Kier molecular flexibility index (Phi) is 4.57. The Morgan fingerprint density at radius 3 is 2.73 bits per heavy atom. The van der Waals surface area contributed by atoms with E-state index in [4.69, 9.17) is 5.73 Å². The van der Waals surface area contributed by atoms with Gasteiger partial charge in [-0.3, -0.25) is 4.90 Å². The van der Waals surface area contributed by atoms with Gasteiger partial charge < -0.3 is 10.8 Å². The summed E-state index contributed by atoms with van der Waals surface area (Å²) in [6.45, 7) is 3.15. The zero-order valence-electron chi connectivity index (χ0n) is 9.07. The average Bonchev–Trinajstić information content (AvgIpc) is 2.10. The molecule has 0 amide bonds. The highest BCUT2D eigenvalue weighted by molar-refractivity contribution is 9.10. The zero-order chi connectivity index (χ0) is 11.4. The SMILES string of the molecule is CC(O)CN(C)Cc1c(N)cccc1Br. The molecule has 1 unspecified atom stereocenters. The molecule has 1 aromatic carbocycles. The van der Waals surface area contributed by atoms with Crippen LogP contribution >= 0.6 is 15.9 Å². The number of hydrogen-bond donors (Lipinski definition) is 2. The minimum atomic E-state index is -0.321. The van der Waals surface area contributed by atoms with Crippen molar-refractivity contribution in [2.45, 2.75) is 19.6 Å². The number of nitrogen functional groups attached to an aromatic ring is 1. The summed E-state index contributed by atoms with van der Waals surface area (Å²) in [7, 11) is 1.96. The predicted octanol–water partition coefficient (Wildman–Crippen LogP) is 1.84. The van der Waals surface area contributed by atoms with Gasteiger partial charge in [0.15, 0.2) is 0 Å². The van der Waals surface area contributed by atoms with Crippen molar-refractivity contribution in [1.82, 2.24) is 4.90 Å². The highest BCUT2D eigenvalue weighted by Gasteiger charge is 2.08. The predicted molar refractivity (Wildman–Crippen MR) is 66.6 cm³/mol. The minimum absolute atomic E-state index is 0.321. The van der Waals surface area contributed by atoms with Gasteiger partial charge in [0.1, 0.15) is 0 Å². The average molecular weight is 273 g/mol. The van der Waals surface area contributed by atoms with E-state index in [9.17, 15) is 5.11 Å². The van der Waals surface area contributed by atoms with Gasteiger partial charge >= 0.3 is 0 Å². The van der Waals surface area contributed by atoms with Crippen molar-refractivity contribution in [3.8, 4) is 0 Å². The van der Waals surface area contributed by atoms with Gasteiger partial charge in [0.25, 0.3) is 0 Å². The standard InChI is InChI=1S/C11H17BrN2O/c1-8(15)6-14(2)7-9-10(12)4-3-5-11(9)13/h3-5,8,15H,6-7,13H2,1-2H3. The van der Waals surface area contributed by atoms with Crippen LogP contribution in [0.1, 0.15) is 12.5 Å². The number of nitrogens with two attached hydrogens (primary N) is 1. The molecule has 0 spiro atoms. The van der Waals surface area contributed by atoms with Crippen LogP contribution in [-0.2, 0) is 6.54 Å². The number of rotatable bonds is 4. The summed E-state index contributed by atoms with van der Waals surface area (Å²) in [5.41, 5.74) is 7.73. The molecule has 0 radical (unpaired) electrons. The van der Waals surface area contributed by atoms with Gasteiger partial charge in [-0.2, -0.15) is 0 Å². The lowest BCUT2D eigenvalue weighted by molar-refractivity contribution is 0.138. The molecule has 0 fully saturated rings. The lowest BCUT2D eigenvalue weighted by Gasteiger charge is -2.20. The number of likely N-dealkylation sites (N-methyl/N-ethyl adjacent to an activating group) is 1. The highest BCUT2D eigenvalue weighted by Crippen LogP contribution is 2.23. The molecule has 0 aliphatic heterocycles. The molecule has 1 aromatic rings. The number of benzene rings is 1. The number of hydrogen-bond acceptors (Lipinski definition) is 3. The van der Waals surface area contributed by atoms with Gasteiger partial charge in [0, 0.05) is 28.8 Å². The third-order valence-electron chi connectivity index (χ3n) is 2.16. The Labute approximate surface area is 99.0 Å². The molecule has 0 aromatic heterocycles. The van der Waals surface area contributed by atoms with Crippen molar-refractivity contribution in [2.75, 3.05) is 19.3 Å². The summed E-state index contributed by atoms with van der Waals surface area (Å²) >= 11 is 3.47. The van der Waals surface area contributed by atoms with Crippen molar-refractivity contribution in [3.05, 3.63) is 28.2 Å². The van der Waals surface area contributed by atoms with Crippen LogP contribution < -0.4 is 5.73 Å². The van der Waals surface area contributed by atoms with Gasteiger partial charge in [-0.15, -0.1) is 0 Å². The second-order valence-electron chi connectivity index (χ2n) is 3.85. The first-order valence-electron chi connectivity index (χ1n) is 4.90. The number of anilines is 1. The van der Waals surface area contributed by atoms with E-state index in [-0.39, 0.29) is 6.10 Å². The smallest absolute Gasteiger partial charge is 0.0639 e. The summed E-state index contributed by atoms with van der Waals surface area (Å²) in [6, 6.07) is 5.77. The number of halogens is 1. The van der Waals surface area contributed by atoms with Crippen molar-refractivity contribution in [2.24, 2.45) is 0 Å². The fourth-order valence-electron chi connectivity index (χ4n) is 1.53. The monoisotopic (exact) mass is 272 g/mol. The maximum atomic E-state index is 9.25. The Morgan fingerprint density at radius 1 is 1.53 bits per heavy atom. The fraction of sp³-hybridized carbons (Fsp3) is 0.455. The second kappa shape index (κ2) is 5.49. The molecular formula is C11H17BrN2O. The summed E-state index contributed by atoms with van der Waals surface area (Å²) < 4.78 is 1.01. The van der Waals surface area contributed by atoms with Crippen molar-refractivity contribution in [3.63, 3.8) is 0 Å². The van der Waals surface area contributed by atoms with Crippen LogP contribution in [0.15, 0.2) is 22.7 Å². The van der Waals surface area contributed by atoms with E-state index in [0.717, 1.165) is 22.3 Å². The normalized spacial score (nSPS) is 13.1. The summed E-state index contributed by atoms with van der Waals surface area (Å²) in [5.74, 6) is 0. The molecule has 1 rings (SSSR count). The van der Waals surface area contributed by atoms with Crippen molar-refractivity contribution in [1.29, 1.82) is 0 Å². The van der Waals surface area contributed by atoms with E-state index in [1.807, 2.05) is 30.1 Å². The highest BCUT2D eigenvalue weighted by atomic mass is 79.9. The van der Waals surface area contributed by atoms with Crippen molar-refractivity contribution >= 4 is 21.6 Å². The first kappa shape index (κ1) is 12.5. The summed E-state index contributed by atoms with van der Waals surface area (Å²) in [6.07, 6.45) is -0.321. The largest absolute Gasteiger partial charge is 0.398 e. The molecule has 0 bridgehead atoms. The van der Waals surface area contributed by atoms with E-state index in [0.29, 0.717) is 6.54 Å². The van der Waals surface area contributed by atoms with Gasteiger partial charge in [-0.25, -0.2) is 0 Å². The molecule has 3 nitrogen and oxygen atoms in total. The topological polar surface area (TPSA) is 49.5 Å². The van der Waals surface area contributed by atoms with Crippen LogP contribution in [-0.4, -0.2) is 29.7 Å². The summed E-state index contributed by atoms with van der Waals surface area (Å²) in [4.78, 5) is 2.04. The third kappa shape index (κ3) is 3.81.